The molecular weight excluding hydrogens is 484 g/mol. The summed E-state index contributed by atoms with van der Waals surface area (Å²) in [5.41, 5.74) is 3.78. The van der Waals surface area contributed by atoms with E-state index in [1.807, 2.05) is 65.9 Å². The number of anilines is 1. The zero-order chi connectivity index (χ0) is 25.4. The van der Waals surface area contributed by atoms with Gasteiger partial charge < -0.3 is 4.90 Å². The van der Waals surface area contributed by atoms with Crippen molar-refractivity contribution in [3.63, 3.8) is 0 Å². The van der Waals surface area contributed by atoms with Gasteiger partial charge in [-0.05, 0) is 43.2 Å². The first-order valence-corrected chi connectivity index (χ1v) is 13.9. The molecule has 0 saturated carbocycles. The maximum atomic E-state index is 13.4. The van der Waals surface area contributed by atoms with E-state index in [-0.39, 0.29) is 0 Å². The quantitative estimate of drug-likeness (QED) is 0.353. The lowest BCUT2D eigenvalue weighted by molar-refractivity contribution is 0.433. The Bertz CT molecular complexity index is 1670. The van der Waals surface area contributed by atoms with Crippen LogP contribution in [0.1, 0.15) is 23.4 Å². The monoisotopic (exact) mass is 512 g/mol. The van der Waals surface area contributed by atoms with Gasteiger partial charge in [-0.3, -0.25) is 0 Å². The number of aryl methyl sites for hydroxylation is 1. The fraction of sp³-hybridized carbons (Fsp3) is 0.250. The van der Waals surface area contributed by atoms with Gasteiger partial charge >= 0.3 is 0 Å². The molecule has 0 atom stereocenters. The second-order valence-electron chi connectivity index (χ2n) is 9.42. The molecule has 1 aliphatic heterocycles. The minimum atomic E-state index is -3.57. The number of rotatable bonds is 5. The molecule has 0 N–H and O–H groups in total. The Hall–Kier alpha value is -3.82. The molecule has 1 fully saturated rings. The van der Waals surface area contributed by atoms with Crippen LogP contribution in [0.25, 0.3) is 16.6 Å². The maximum Gasteiger partial charge on any atom is 0.243 e. The Morgan fingerprint density at radius 2 is 1.57 bits per heavy atom. The summed E-state index contributed by atoms with van der Waals surface area (Å²) in [6.45, 7) is 4.00. The van der Waals surface area contributed by atoms with Crippen molar-refractivity contribution in [3.05, 3.63) is 95.8 Å². The summed E-state index contributed by atoms with van der Waals surface area (Å²) >= 11 is 0. The summed E-state index contributed by atoms with van der Waals surface area (Å²) in [7, 11) is -3.57. The van der Waals surface area contributed by atoms with Gasteiger partial charge in [0.2, 0.25) is 16.0 Å². The number of hydrogen-bond donors (Lipinski definition) is 0. The van der Waals surface area contributed by atoms with Crippen LogP contribution in [0.4, 0.5) is 5.95 Å². The minimum Gasteiger partial charge on any atom is -0.340 e. The Kier molecular flexibility index (Phi) is 6.10. The van der Waals surface area contributed by atoms with Crippen molar-refractivity contribution in [1.29, 1.82) is 0 Å². The van der Waals surface area contributed by atoms with Crippen molar-refractivity contribution in [3.8, 4) is 0 Å². The third kappa shape index (κ3) is 4.45. The summed E-state index contributed by atoms with van der Waals surface area (Å²) in [5.74, 6) is 1.56. The molecular formula is C28H28N6O2S. The van der Waals surface area contributed by atoms with Crippen molar-refractivity contribution < 1.29 is 8.42 Å². The van der Waals surface area contributed by atoms with Crippen molar-refractivity contribution in [1.82, 2.24) is 23.9 Å². The number of hydrogen-bond acceptors (Lipinski definition) is 6. The maximum absolute atomic E-state index is 13.4. The van der Waals surface area contributed by atoms with E-state index in [2.05, 4.69) is 27.2 Å². The Morgan fingerprint density at radius 1 is 0.811 bits per heavy atom. The molecule has 0 aliphatic carbocycles. The predicted octanol–water partition coefficient (Wildman–Crippen LogP) is 4.08. The Balaban J connectivity index is 1.37. The number of nitrogens with zero attached hydrogens (tertiary/aromatic N) is 6. The van der Waals surface area contributed by atoms with Crippen LogP contribution in [0.5, 0.6) is 0 Å². The van der Waals surface area contributed by atoms with E-state index in [0.29, 0.717) is 43.9 Å². The van der Waals surface area contributed by atoms with Gasteiger partial charge in [0.25, 0.3) is 0 Å². The van der Waals surface area contributed by atoms with Crippen LogP contribution < -0.4 is 4.90 Å². The molecule has 9 heteroatoms. The molecule has 0 amide bonds. The molecule has 3 heterocycles. The van der Waals surface area contributed by atoms with Gasteiger partial charge in [0.15, 0.2) is 5.65 Å². The Labute approximate surface area is 216 Å². The molecule has 1 saturated heterocycles. The first-order valence-electron chi connectivity index (χ1n) is 12.5. The highest BCUT2D eigenvalue weighted by Crippen LogP contribution is 2.27. The summed E-state index contributed by atoms with van der Waals surface area (Å²) in [6.07, 6.45) is 1.31. The fourth-order valence-electron chi connectivity index (χ4n) is 4.92. The average Bonchev–Trinajstić information content (AvgIpc) is 3.16. The van der Waals surface area contributed by atoms with Gasteiger partial charge in [-0.1, -0.05) is 60.2 Å². The standard InChI is InChI=1S/C28H28N6O2S/c1-21-12-14-23(15-13-21)37(35,36)33-17-7-16-32(18-19-33)28-29-25-11-6-5-10-24(25)27-31-30-26(34(27)28)20-22-8-3-2-4-9-22/h2-6,8-15H,7,16-20H2,1H3. The number of fused-ring (bicyclic) bond motifs is 3. The molecule has 6 rings (SSSR count). The third-order valence-electron chi connectivity index (χ3n) is 6.90. The summed E-state index contributed by atoms with van der Waals surface area (Å²) in [5, 5.41) is 10.1. The Morgan fingerprint density at radius 3 is 2.38 bits per heavy atom. The van der Waals surface area contributed by atoms with Crippen LogP contribution in [0, 0.1) is 6.92 Å². The first kappa shape index (κ1) is 23.6. The highest BCUT2D eigenvalue weighted by molar-refractivity contribution is 7.89. The molecule has 3 aromatic carbocycles. The van der Waals surface area contributed by atoms with Crippen molar-refractivity contribution in [2.24, 2.45) is 0 Å². The SMILES string of the molecule is Cc1ccc(S(=O)(=O)N2CCCN(c3nc4ccccc4c4nnc(Cc5ccccc5)n34)CC2)cc1. The number of aromatic nitrogens is 4. The van der Waals surface area contributed by atoms with Crippen molar-refractivity contribution in [2.75, 3.05) is 31.1 Å². The molecule has 0 radical (unpaired) electrons. The van der Waals surface area contributed by atoms with Crippen LogP contribution in [-0.2, 0) is 16.4 Å². The molecule has 1 aliphatic rings. The third-order valence-corrected chi connectivity index (χ3v) is 8.81. The van der Waals surface area contributed by atoms with E-state index in [4.69, 9.17) is 4.98 Å². The van der Waals surface area contributed by atoms with Gasteiger partial charge in [-0.25, -0.2) is 17.8 Å². The van der Waals surface area contributed by atoms with Crippen LogP contribution >= 0.6 is 0 Å². The lowest BCUT2D eigenvalue weighted by Crippen LogP contribution is -2.36. The van der Waals surface area contributed by atoms with Gasteiger partial charge in [0, 0.05) is 38.0 Å². The van der Waals surface area contributed by atoms with Crippen LogP contribution in [0.3, 0.4) is 0 Å². The molecule has 0 spiro atoms. The van der Waals surface area contributed by atoms with Gasteiger partial charge in [0.05, 0.1) is 10.4 Å². The van der Waals surface area contributed by atoms with E-state index < -0.39 is 10.0 Å². The van der Waals surface area contributed by atoms with E-state index in [1.165, 1.54) is 0 Å². The molecule has 5 aromatic rings. The zero-order valence-electron chi connectivity index (χ0n) is 20.7. The highest BCUT2D eigenvalue weighted by atomic mass is 32.2. The summed E-state index contributed by atoms with van der Waals surface area (Å²) in [4.78, 5) is 7.54. The van der Waals surface area contributed by atoms with Crippen LogP contribution in [0.15, 0.2) is 83.8 Å². The molecule has 2 aromatic heterocycles. The van der Waals surface area contributed by atoms with E-state index in [0.717, 1.165) is 39.4 Å². The molecule has 37 heavy (non-hydrogen) atoms. The zero-order valence-corrected chi connectivity index (χ0v) is 21.5. The first-order chi connectivity index (χ1) is 18.0. The van der Waals surface area contributed by atoms with Crippen LogP contribution in [-0.4, -0.2) is 58.5 Å². The molecule has 0 unspecified atom stereocenters. The second-order valence-corrected chi connectivity index (χ2v) is 11.4. The lowest BCUT2D eigenvalue weighted by Gasteiger charge is -2.24. The number of sulfonamides is 1. The van der Waals surface area contributed by atoms with E-state index in [9.17, 15) is 8.42 Å². The fourth-order valence-corrected chi connectivity index (χ4v) is 6.39. The van der Waals surface area contributed by atoms with E-state index in [1.54, 1.807) is 16.4 Å². The predicted molar refractivity (Wildman–Crippen MR) is 144 cm³/mol. The molecule has 188 valence electrons. The molecule has 8 nitrogen and oxygen atoms in total. The largest absolute Gasteiger partial charge is 0.340 e. The average molecular weight is 513 g/mol. The van der Waals surface area contributed by atoms with Gasteiger partial charge in [0.1, 0.15) is 5.82 Å². The van der Waals surface area contributed by atoms with E-state index >= 15 is 0 Å². The number of benzene rings is 3. The normalized spacial score (nSPS) is 15.3. The number of para-hydroxylation sites is 1. The smallest absolute Gasteiger partial charge is 0.243 e. The topological polar surface area (TPSA) is 83.7 Å². The molecule has 0 bridgehead atoms. The minimum absolute atomic E-state index is 0.335. The van der Waals surface area contributed by atoms with Gasteiger partial charge in [-0.2, -0.15) is 4.31 Å². The van der Waals surface area contributed by atoms with Crippen LogP contribution in [0.2, 0.25) is 0 Å². The highest BCUT2D eigenvalue weighted by Gasteiger charge is 2.28. The van der Waals surface area contributed by atoms with Gasteiger partial charge in [-0.15, -0.1) is 10.2 Å². The van der Waals surface area contributed by atoms with Crippen molar-refractivity contribution >= 4 is 32.5 Å². The second kappa shape index (κ2) is 9.57. The summed E-state index contributed by atoms with van der Waals surface area (Å²) < 4.78 is 30.4. The lowest BCUT2D eigenvalue weighted by atomic mass is 10.1. The summed E-state index contributed by atoms with van der Waals surface area (Å²) in [6, 6.07) is 25.2. The van der Waals surface area contributed by atoms with Crippen molar-refractivity contribution in [2.45, 2.75) is 24.7 Å².